The third-order valence-electron chi connectivity index (χ3n) is 2.93. The smallest absolute Gasteiger partial charge is 0.416 e. The van der Waals surface area contributed by atoms with Crippen LogP contribution in [0.25, 0.3) is 11.7 Å². The number of hydrogen-bond acceptors (Lipinski definition) is 7. The molecule has 3 rings (SSSR count). The van der Waals surface area contributed by atoms with Crippen LogP contribution in [-0.2, 0) is 6.18 Å². The zero-order valence-corrected chi connectivity index (χ0v) is 12.2. The van der Waals surface area contributed by atoms with E-state index in [4.69, 9.17) is 14.9 Å². The molecule has 0 fully saturated rings. The number of anilines is 1. The van der Waals surface area contributed by atoms with E-state index in [1.54, 1.807) is 6.92 Å². The van der Waals surface area contributed by atoms with Gasteiger partial charge in [0.1, 0.15) is 5.75 Å². The molecule has 7 nitrogen and oxygen atoms in total. The van der Waals surface area contributed by atoms with Crippen LogP contribution in [0.2, 0.25) is 0 Å². The summed E-state index contributed by atoms with van der Waals surface area (Å²) in [5, 5.41) is 7.12. The Morgan fingerprint density at radius 2 is 2.00 bits per heavy atom. The van der Waals surface area contributed by atoms with E-state index in [1.807, 2.05) is 0 Å². The summed E-state index contributed by atoms with van der Waals surface area (Å²) in [7, 11) is 0. The second kappa shape index (κ2) is 5.80. The number of nitrogen functional groups attached to an aromatic ring is 1. The van der Waals surface area contributed by atoms with Crippen LogP contribution < -0.4 is 10.5 Å². The number of hydrogen-bond donors (Lipinski definition) is 1. The van der Waals surface area contributed by atoms with Crippen molar-refractivity contribution in [3.05, 3.63) is 41.6 Å². The average Bonchev–Trinajstić information content (AvgIpc) is 2.95. The third-order valence-corrected chi connectivity index (χ3v) is 2.93. The first-order valence-corrected chi connectivity index (χ1v) is 6.61. The summed E-state index contributed by atoms with van der Waals surface area (Å²) in [6.07, 6.45) is -3.04. The normalized spacial score (nSPS) is 11.5. The van der Waals surface area contributed by atoms with Crippen molar-refractivity contribution in [2.45, 2.75) is 13.1 Å². The first-order chi connectivity index (χ1) is 11.3. The van der Waals surface area contributed by atoms with Crippen molar-refractivity contribution in [1.29, 1.82) is 0 Å². The zero-order chi connectivity index (χ0) is 17.3. The zero-order valence-electron chi connectivity index (χ0n) is 12.2. The fourth-order valence-electron chi connectivity index (χ4n) is 1.81. The minimum Gasteiger partial charge on any atom is -0.439 e. The Balaban J connectivity index is 1.93. The highest BCUT2D eigenvalue weighted by Gasteiger charge is 2.30. The maximum atomic E-state index is 12.8. The summed E-state index contributed by atoms with van der Waals surface area (Å²) in [5.74, 6) is 0.0758. The molecule has 2 aromatic heterocycles. The fourth-order valence-corrected chi connectivity index (χ4v) is 1.81. The maximum absolute atomic E-state index is 12.8. The van der Waals surface area contributed by atoms with Gasteiger partial charge in [0.05, 0.1) is 5.56 Å². The predicted octanol–water partition coefficient (Wildman–Crippen LogP) is 3.23. The van der Waals surface area contributed by atoms with Gasteiger partial charge in [0.15, 0.2) is 0 Å². The lowest BCUT2D eigenvalue weighted by atomic mass is 10.2. The molecule has 3 aromatic rings. The molecule has 0 radical (unpaired) electrons. The molecular weight excluding hydrogens is 327 g/mol. The molecule has 0 aliphatic rings. The number of ether oxygens (including phenoxy) is 1. The molecular formula is C14H10F3N5O2. The van der Waals surface area contributed by atoms with E-state index in [9.17, 15) is 13.2 Å². The first kappa shape index (κ1) is 15.7. The Morgan fingerprint density at radius 1 is 1.21 bits per heavy atom. The lowest BCUT2D eigenvalue weighted by Crippen LogP contribution is -2.04. The molecule has 2 N–H and O–H groups in total. The number of aryl methyl sites for hydroxylation is 1. The molecule has 0 atom stereocenters. The molecule has 10 heteroatoms. The second-order valence-electron chi connectivity index (χ2n) is 4.75. The van der Waals surface area contributed by atoms with Gasteiger partial charge in [-0.15, -0.1) is 5.10 Å². The Kier molecular flexibility index (Phi) is 3.80. The highest BCUT2D eigenvalue weighted by molar-refractivity contribution is 5.44. The topological polar surface area (TPSA) is 100.0 Å². The number of nitrogens with zero attached hydrogens (tertiary/aromatic N) is 4. The predicted molar refractivity (Wildman–Crippen MR) is 76.0 cm³/mol. The molecule has 0 aliphatic carbocycles. The van der Waals surface area contributed by atoms with Gasteiger partial charge in [-0.2, -0.15) is 18.2 Å². The maximum Gasteiger partial charge on any atom is 0.416 e. The fraction of sp³-hybridized carbons (Fsp3) is 0.143. The van der Waals surface area contributed by atoms with Gasteiger partial charge in [-0.3, -0.25) is 0 Å². The van der Waals surface area contributed by atoms with Crippen LogP contribution in [-0.4, -0.2) is 20.2 Å². The number of alkyl halides is 3. The van der Waals surface area contributed by atoms with E-state index in [-0.39, 0.29) is 29.4 Å². The van der Waals surface area contributed by atoms with E-state index < -0.39 is 11.7 Å². The summed E-state index contributed by atoms with van der Waals surface area (Å²) in [6, 6.07) is 4.31. The molecule has 0 aliphatic heterocycles. The SMILES string of the molecule is Cc1cnc(-c2nnc(N)o2)nc1Oc1cccc(C(F)(F)F)c1. The highest BCUT2D eigenvalue weighted by Crippen LogP contribution is 2.33. The van der Waals surface area contributed by atoms with Gasteiger partial charge in [0.2, 0.25) is 11.7 Å². The second-order valence-corrected chi connectivity index (χ2v) is 4.75. The molecule has 24 heavy (non-hydrogen) atoms. The van der Waals surface area contributed by atoms with Gasteiger partial charge in [-0.25, -0.2) is 4.98 Å². The van der Waals surface area contributed by atoms with Gasteiger partial charge in [-0.1, -0.05) is 11.2 Å². The lowest BCUT2D eigenvalue weighted by Gasteiger charge is -2.10. The summed E-state index contributed by atoms with van der Waals surface area (Å²) in [6.45, 7) is 1.65. The van der Waals surface area contributed by atoms with Crippen molar-refractivity contribution < 1.29 is 22.3 Å². The molecule has 0 saturated carbocycles. The molecule has 0 amide bonds. The largest absolute Gasteiger partial charge is 0.439 e. The summed E-state index contributed by atoms with van der Waals surface area (Å²) in [4.78, 5) is 8.07. The summed E-state index contributed by atoms with van der Waals surface area (Å²) >= 11 is 0. The van der Waals surface area contributed by atoms with E-state index in [0.29, 0.717) is 5.56 Å². The number of benzene rings is 1. The van der Waals surface area contributed by atoms with Gasteiger partial charge in [0, 0.05) is 11.8 Å². The van der Waals surface area contributed by atoms with Crippen molar-refractivity contribution >= 4 is 6.01 Å². The van der Waals surface area contributed by atoms with Crippen LogP contribution >= 0.6 is 0 Å². The number of aromatic nitrogens is 4. The van der Waals surface area contributed by atoms with Crippen molar-refractivity contribution in [3.8, 4) is 23.3 Å². The monoisotopic (exact) mass is 337 g/mol. The standard InChI is InChI=1S/C14H10F3N5O2/c1-7-6-19-10(12-21-22-13(18)24-12)20-11(7)23-9-4-2-3-8(5-9)14(15,16)17/h2-6H,1H3,(H2,18,22). The van der Waals surface area contributed by atoms with Crippen LogP contribution in [0.4, 0.5) is 19.2 Å². The Labute approximate surface area is 133 Å². The van der Waals surface area contributed by atoms with E-state index in [1.165, 1.54) is 18.3 Å². The van der Waals surface area contributed by atoms with Crippen LogP contribution in [0.5, 0.6) is 11.6 Å². The Morgan fingerprint density at radius 3 is 2.67 bits per heavy atom. The van der Waals surface area contributed by atoms with Crippen LogP contribution in [0, 0.1) is 6.92 Å². The average molecular weight is 337 g/mol. The van der Waals surface area contributed by atoms with Crippen LogP contribution in [0.3, 0.4) is 0 Å². The summed E-state index contributed by atoms with van der Waals surface area (Å²) in [5.41, 5.74) is 5.03. The van der Waals surface area contributed by atoms with Crippen molar-refractivity contribution in [3.63, 3.8) is 0 Å². The molecule has 0 bridgehead atoms. The van der Waals surface area contributed by atoms with Gasteiger partial charge < -0.3 is 14.9 Å². The van der Waals surface area contributed by atoms with E-state index in [0.717, 1.165) is 12.1 Å². The first-order valence-electron chi connectivity index (χ1n) is 6.61. The number of rotatable bonds is 3. The minimum atomic E-state index is -4.47. The van der Waals surface area contributed by atoms with Crippen molar-refractivity contribution in [2.75, 3.05) is 5.73 Å². The van der Waals surface area contributed by atoms with E-state index in [2.05, 4.69) is 20.2 Å². The quantitative estimate of drug-likeness (QED) is 0.783. The molecule has 0 spiro atoms. The Bertz CT molecular complexity index is 879. The Hall–Kier alpha value is -3.17. The van der Waals surface area contributed by atoms with E-state index >= 15 is 0 Å². The molecule has 124 valence electrons. The van der Waals surface area contributed by atoms with Gasteiger partial charge >= 0.3 is 12.2 Å². The molecule has 0 saturated heterocycles. The van der Waals surface area contributed by atoms with Gasteiger partial charge in [0.25, 0.3) is 5.89 Å². The summed E-state index contributed by atoms with van der Waals surface area (Å²) < 4.78 is 48.7. The number of nitrogens with two attached hydrogens (primary N) is 1. The number of halogens is 3. The minimum absolute atomic E-state index is 0.0115. The molecule has 1 aromatic carbocycles. The lowest BCUT2D eigenvalue weighted by molar-refractivity contribution is -0.137. The van der Waals surface area contributed by atoms with Crippen molar-refractivity contribution in [1.82, 2.24) is 20.2 Å². The third kappa shape index (κ3) is 3.26. The van der Waals surface area contributed by atoms with Crippen molar-refractivity contribution in [2.24, 2.45) is 0 Å². The van der Waals surface area contributed by atoms with Gasteiger partial charge in [-0.05, 0) is 25.1 Å². The van der Waals surface area contributed by atoms with Crippen LogP contribution in [0.1, 0.15) is 11.1 Å². The molecule has 2 heterocycles. The van der Waals surface area contributed by atoms with Crippen LogP contribution in [0.15, 0.2) is 34.9 Å². The molecule has 0 unspecified atom stereocenters. The highest BCUT2D eigenvalue weighted by atomic mass is 19.4.